The van der Waals surface area contributed by atoms with E-state index in [9.17, 15) is 0 Å². The van der Waals surface area contributed by atoms with Crippen molar-refractivity contribution >= 4 is 0 Å². The Hall–Kier alpha value is -0.480. The molecule has 0 saturated heterocycles. The lowest BCUT2D eigenvalue weighted by atomic mass is 9.89. The van der Waals surface area contributed by atoms with Gasteiger partial charge in [0.15, 0.2) is 0 Å². The van der Waals surface area contributed by atoms with Crippen molar-refractivity contribution < 1.29 is 0 Å². The van der Waals surface area contributed by atoms with Crippen LogP contribution < -0.4 is 5.32 Å². The molecule has 1 N–H and O–H groups in total. The zero-order chi connectivity index (χ0) is 8.86. The van der Waals surface area contributed by atoms with Gasteiger partial charge in [0.05, 0.1) is 6.54 Å². The van der Waals surface area contributed by atoms with Crippen molar-refractivity contribution in [3.8, 4) is 11.8 Å². The average Bonchev–Trinajstić information content (AvgIpc) is 2.47. The summed E-state index contributed by atoms with van der Waals surface area (Å²) in [4.78, 5) is 0. The molecule has 0 spiro atoms. The quantitative estimate of drug-likeness (QED) is 0.499. The fourth-order valence-corrected chi connectivity index (χ4v) is 1.92. The number of hydrogen-bond donors (Lipinski definition) is 1. The van der Waals surface area contributed by atoms with Crippen molar-refractivity contribution in [2.75, 3.05) is 13.1 Å². The van der Waals surface area contributed by atoms with Gasteiger partial charge in [0.25, 0.3) is 0 Å². The molecule has 0 aliphatic heterocycles. The lowest BCUT2D eigenvalue weighted by Gasteiger charge is -2.22. The van der Waals surface area contributed by atoms with Gasteiger partial charge in [-0.3, -0.25) is 0 Å². The minimum atomic E-state index is 0.565. The molecule has 0 unspecified atom stereocenters. The van der Waals surface area contributed by atoms with Crippen LogP contribution in [0.5, 0.6) is 0 Å². The second-order valence-electron chi connectivity index (χ2n) is 4.05. The first-order chi connectivity index (χ1) is 5.77. The van der Waals surface area contributed by atoms with Gasteiger partial charge in [-0.25, -0.2) is 0 Å². The molecule has 0 atom stereocenters. The van der Waals surface area contributed by atoms with Crippen LogP contribution in [0, 0.1) is 17.3 Å². The zero-order valence-electron chi connectivity index (χ0n) is 8.24. The molecule has 68 valence electrons. The predicted octanol–water partition coefficient (Wildman–Crippen LogP) is 2.18. The molecule has 0 aromatic heterocycles. The van der Waals surface area contributed by atoms with Crippen molar-refractivity contribution in [2.24, 2.45) is 5.41 Å². The molecule has 1 aliphatic carbocycles. The first-order valence-electron chi connectivity index (χ1n) is 4.87. The van der Waals surface area contributed by atoms with Gasteiger partial charge in [-0.15, -0.1) is 5.92 Å². The van der Waals surface area contributed by atoms with Gasteiger partial charge in [0.2, 0.25) is 0 Å². The molecular weight excluding hydrogens is 146 g/mol. The molecule has 0 aromatic carbocycles. The third-order valence-corrected chi connectivity index (χ3v) is 2.75. The number of hydrogen-bond acceptors (Lipinski definition) is 1. The molecule has 1 nitrogen and oxygen atoms in total. The van der Waals surface area contributed by atoms with E-state index in [0.717, 1.165) is 13.1 Å². The molecule has 1 saturated carbocycles. The van der Waals surface area contributed by atoms with E-state index in [-0.39, 0.29) is 0 Å². The maximum atomic E-state index is 3.40. The van der Waals surface area contributed by atoms with Gasteiger partial charge in [-0.2, -0.15) is 0 Å². The van der Waals surface area contributed by atoms with E-state index < -0.39 is 0 Å². The van der Waals surface area contributed by atoms with Crippen LogP contribution in [0.2, 0.25) is 0 Å². The van der Waals surface area contributed by atoms with Crippen LogP contribution in [0.25, 0.3) is 0 Å². The van der Waals surface area contributed by atoms with Crippen molar-refractivity contribution in [2.45, 2.75) is 39.5 Å². The molecule has 0 heterocycles. The Morgan fingerprint density at radius 2 is 2.00 bits per heavy atom. The second kappa shape index (κ2) is 4.52. The van der Waals surface area contributed by atoms with E-state index in [2.05, 4.69) is 24.1 Å². The van der Waals surface area contributed by atoms with E-state index in [1.807, 2.05) is 6.92 Å². The van der Waals surface area contributed by atoms with E-state index >= 15 is 0 Å². The molecular formula is C11H19N. The zero-order valence-corrected chi connectivity index (χ0v) is 8.24. The van der Waals surface area contributed by atoms with Crippen molar-refractivity contribution in [1.82, 2.24) is 5.32 Å². The van der Waals surface area contributed by atoms with Gasteiger partial charge in [-0.1, -0.05) is 25.7 Å². The Bertz CT molecular complexity index is 179. The van der Waals surface area contributed by atoms with Gasteiger partial charge in [0.1, 0.15) is 0 Å². The van der Waals surface area contributed by atoms with Crippen LogP contribution in [0.15, 0.2) is 0 Å². The van der Waals surface area contributed by atoms with Crippen LogP contribution in [0.1, 0.15) is 39.5 Å². The third kappa shape index (κ3) is 2.87. The number of rotatable bonds is 3. The fraction of sp³-hybridized carbons (Fsp3) is 0.818. The summed E-state index contributed by atoms with van der Waals surface area (Å²) in [6.45, 7) is 6.26. The first-order valence-corrected chi connectivity index (χ1v) is 4.87. The third-order valence-electron chi connectivity index (χ3n) is 2.75. The summed E-state index contributed by atoms with van der Waals surface area (Å²) in [5, 5.41) is 3.40. The van der Waals surface area contributed by atoms with Gasteiger partial charge >= 0.3 is 0 Å². The summed E-state index contributed by atoms with van der Waals surface area (Å²) in [7, 11) is 0. The molecule has 0 amide bonds. The molecule has 1 rings (SSSR count). The summed E-state index contributed by atoms with van der Waals surface area (Å²) < 4.78 is 0. The van der Waals surface area contributed by atoms with E-state index in [4.69, 9.17) is 0 Å². The molecule has 0 aromatic rings. The number of nitrogens with one attached hydrogen (secondary N) is 1. The standard InChI is InChI=1S/C11H19N/c1-3-4-9-12-10-11(2)7-5-6-8-11/h12H,5-10H2,1-2H3. The predicted molar refractivity (Wildman–Crippen MR) is 52.9 cm³/mol. The Kier molecular flexibility index (Phi) is 3.62. The molecule has 1 aliphatic rings. The monoisotopic (exact) mass is 165 g/mol. The van der Waals surface area contributed by atoms with Crippen molar-refractivity contribution in [1.29, 1.82) is 0 Å². The summed E-state index contributed by atoms with van der Waals surface area (Å²) in [6.07, 6.45) is 5.61. The highest BCUT2D eigenvalue weighted by molar-refractivity contribution is 4.97. The van der Waals surface area contributed by atoms with Crippen molar-refractivity contribution in [3.63, 3.8) is 0 Å². The van der Waals surface area contributed by atoms with E-state index in [0.29, 0.717) is 5.41 Å². The second-order valence-corrected chi connectivity index (χ2v) is 4.05. The Morgan fingerprint density at radius 3 is 2.58 bits per heavy atom. The van der Waals surface area contributed by atoms with Crippen LogP contribution in [-0.2, 0) is 0 Å². The normalized spacial score (nSPS) is 20.2. The summed E-state index contributed by atoms with van der Waals surface area (Å²) in [6, 6.07) is 0. The summed E-state index contributed by atoms with van der Waals surface area (Å²) >= 11 is 0. The Morgan fingerprint density at radius 1 is 1.33 bits per heavy atom. The minimum Gasteiger partial charge on any atom is -0.306 e. The molecule has 1 fully saturated rings. The van der Waals surface area contributed by atoms with Crippen LogP contribution in [-0.4, -0.2) is 13.1 Å². The molecule has 1 heteroatoms. The Balaban J connectivity index is 2.15. The van der Waals surface area contributed by atoms with E-state index in [1.54, 1.807) is 0 Å². The lowest BCUT2D eigenvalue weighted by molar-refractivity contribution is 0.322. The highest BCUT2D eigenvalue weighted by Crippen LogP contribution is 2.36. The average molecular weight is 165 g/mol. The highest BCUT2D eigenvalue weighted by Gasteiger charge is 2.27. The summed E-state index contributed by atoms with van der Waals surface area (Å²) in [5.74, 6) is 5.92. The largest absolute Gasteiger partial charge is 0.306 e. The van der Waals surface area contributed by atoms with Gasteiger partial charge in [0, 0.05) is 6.54 Å². The van der Waals surface area contributed by atoms with Crippen LogP contribution in [0.3, 0.4) is 0 Å². The van der Waals surface area contributed by atoms with Gasteiger partial charge in [-0.05, 0) is 25.2 Å². The van der Waals surface area contributed by atoms with Crippen LogP contribution in [0.4, 0.5) is 0 Å². The van der Waals surface area contributed by atoms with Gasteiger partial charge < -0.3 is 5.32 Å². The molecule has 0 radical (unpaired) electrons. The molecule has 0 bridgehead atoms. The summed E-state index contributed by atoms with van der Waals surface area (Å²) in [5.41, 5.74) is 0.565. The minimum absolute atomic E-state index is 0.565. The first kappa shape index (κ1) is 9.61. The topological polar surface area (TPSA) is 12.0 Å². The maximum absolute atomic E-state index is 3.40. The smallest absolute Gasteiger partial charge is 0.0576 e. The molecule has 12 heavy (non-hydrogen) atoms. The SMILES string of the molecule is CC#CCNCC1(C)CCCC1. The maximum Gasteiger partial charge on any atom is 0.0576 e. The van der Waals surface area contributed by atoms with Crippen molar-refractivity contribution in [3.05, 3.63) is 0 Å². The Labute approximate surface area is 75.9 Å². The fourth-order valence-electron chi connectivity index (χ4n) is 1.92. The highest BCUT2D eigenvalue weighted by atomic mass is 14.9. The lowest BCUT2D eigenvalue weighted by Crippen LogP contribution is -2.29. The van der Waals surface area contributed by atoms with E-state index in [1.165, 1.54) is 25.7 Å². The van der Waals surface area contributed by atoms with Crippen LogP contribution >= 0.6 is 0 Å².